The average molecular weight is 429 g/mol. The Labute approximate surface area is 167 Å². The Balaban J connectivity index is 1.81. The van der Waals surface area contributed by atoms with Gasteiger partial charge in [-0.2, -0.15) is 4.31 Å². The second-order valence-corrected chi connectivity index (χ2v) is 12.2. The SMILES string of the molecule is CC(C)CN(C(=O)c1ccc(S(=O)(=O)N2CCCC2)cc1)[C@@H]1CCS(=O)(=O)C1. The highest BCUT2D eigenvalue weighted by Crippen LogP contribution is 2.24. The molecule has 28 heavy (non-hydrogen) atoms. The highest BCUT2D eigenvalue weighted by atomic mass is 32.2. The fraction of sp³-hybridized carbons (Fsp3) is 0.632. The highest BCUT2D eigenvalue weighted by Gasteiger charge is 2.35. The van der Waals surface area contributed by atoms with Crippen LogP contribution in [0.5, 0.6) is 0 Å². The molecule has 2 saturated heterocycles. The lowest BCUT2D eigenvalue weighted by Crippen LogP contribution is -2.43. The fourth-order valence-corrected chi connectivity index (χ4v) is 7.07. The number of carbonyl (C=O) groups excluding carboxylic acids is 1. The number of benzene rings is 1. The molecule has 0 unspecified atom stereocenters. The summed E-state index contributed by atoms with van der Waals surface area (Å²) in [6.07, 6.45) is 2.18. The topological polar surface area (TPSA) is 91.8 Å². The number of rotatable bonds is 6. The van der Waals surface area contributed by atoms with E-state index in [1.165, 1.54) is 28.6 Å². The van der Waals surface area contributed by atoms with Gasteiger partial charge in [0.25, 0.3) is 5.91 Å². The quantitative estimate of drug-likeness (QED) is 0.688. The minimum Gasteiger partial charge on any atom is -0.334 e. The second-order valence-electron chi connectivity index (χ2n) is 8.04. The van der Waals surface area contributed by atoms with Crippen molar-refractivity contribution in [3.63, 3.8) is 0 Å². The van der Waals surface area contributed by atoms with E-state index in [-0.39, 0.29) is 34.3 Å². The molecule has 0 spiro atoms. The van der Waals surface area contributed by atoms with E-state index in [9.17, 15) is 21.6 Å². The Morgan fingerprint density at radius 1 is 1.18 bits per heavy atom. The van der Waals surface area contributed by atoms with Gasteiger partial charge in [-0.15, -0.1) is 0 Å². The predicted octanol–water partition coefficient (Wildman–Crippen LogP) is 1.76. The van der Waals surface area contributed by atoms with Crippen LogP contribution in [0, 0.1) is 5.92 Å². The molecular weight excluding hydrogens is 400 g/mol. The Kier molecular flexibility index (Phi) is 6.17. The molecule has 1 amide bonds. The molecule has 0 N–H and O–H groups in total. The molecule has 7 nitrogen and oxygen atoms in total. The number of sulfone groups is 1. The van der Waals surface area contributed by atoms with Crippen LogP contribution in [0.3, 0.4) is 0 Å². The van der Waals surface area contributed by atoms with E-state index in [4.69, 9.17) is 0 Å². The molecule has 3 rings (SSSR count). The van der Waals surface area contributed by atoms with E-state index in [2.05, 4.69) is 0 Å². The first-order valence-corrected chi connectivity index (χ1v) is 13.0. The summed E-state index contributed by atoms with van der Waals surface area (Å²) in [5.74, 6) is 0.0439. The summed E-state index contributed by atoms with van der Waals surface area (Å²) in [5.41, 5.74) is 0.380. The summed E-state index contributed by atoms with van der Waals surface area (Å²) < 4.78 is 50.5. The van der Waals surface area contributed by atoms with Crippen molar-refractivity contribution in [3.05, 3.63) is 29.8 Å². The van der Waals surface area contributed by atoms with Gasteiger partial charge in [-0.25, -0.2) is 16.8 Å². The van der Waals surface area contributed by atoms with Crippen molar-refractivity contribution in [1.29, 1.82) is 0 Å². The summed E-state index contributed by atoms with van der Waals surface area (Å²) in [5, 5.41) is 0. The molecule has 1 aromatic rings. The Bertz CT molecular complexity index is 918. The second kappa shape index (κ2) is 8.12. The van der Waals surface area contributed by atoms with Crippen LogP contribution in [0.4, 0.5) is 0 Å². The van der Waals surface area contributed by atoms with Crippen LogP contribution in [0.1, 0.15) is 43.5 Å². The molecule has 0 saturated carbocycles. The van der Waals surface area contributed by atoms with E-state index in [0.29, 0.717) is 31.6 Å². The minimum absolute atomic E-state index is 0.00706. The van der Waals surface area contributed by atoms with Gasteiger partial charge in [-0.05, 0) is 49.4 Å². The molecular formula is C19H28N2O5S2. The molecule has 1 atom stereocenters. The van der Waals surface area contributed by atoms with Crippen LogP contribution in [-0.2, 0) is 19.9 Å². The van der Waals surface area contributed by atoms with Gasteiger partial charge in [-0.1, -0.05) is 13.8 Å². The molecule has 2 aliphatic rings. The van der Waals surface area contributed by atoms with Gasteiger partial charge in [0.1, 0.15) is 0 Å². The van der Waals surface area contributed by atoms with Gasteiger partial charge >= 0.3 is 0 Å². The van der Waals surface area contributed by atoms with Crippen LogP contribution in [0.15, 0.2) is 29.2 Å². The van der Waals surface area contributed by atoms with Crippen molar-refractivity contribution in [2.45, 2.75) is 44.0 Å². The monoisotopic (exact) mass is 428 g/mol. The van der Waals surface area contributed by atoms with Gasteiger partial charge in [0.2, 0.25) is 10.0 Å². The Hall–Kier alpha value is -1.45. The predicted molar refractivity (Wildman–Crippen MR) is 107 cm³/mol. The standard InChI is InChI=1S/C19H28N2O5S2/c1-15(2)13-21(17-9-12-27(23,24)14-17)19(22)16-5-7-18(8-6-16)28(25,26)20-10-3-4-11-20/h5-8,15,17H,3-4,9-14H2,1-2H3/t17-/m1/s1. The van der Waals surface area contributed by atoms with Crippen LogP contribution in [0.2, 0.25) is 0 Å². The zero-order valence-electron chi connectivity index (χ0n) is 16.4. The number of nitrogens with zero attached hydrogens (tertiary/aromatic N) is 2. The summed E-state index contributed by atoms with van der Waals surface area (Å²) in [4.78, 5) is 14.9. The Morgan fingerprint density at radius 2 is 1.79 bits per heavy atom. The van der Waals surface area contributed by atoms with Crippen LogP contribution < -0.4 is 0 Å². The largest absolute Gasteiger partial charge is 0.334 e. The normalized spacial score (nSPS) is 22.6. The highest BCUT2D eigenvalue weighted by molar-refractivity contribution is 7.91. The maximum Gasteiger partial charge on any atom is 0.254 e. The van der Waals surface area contributed by atoms with E-state index < -0.39 is 19.9 Å². The lowest BCUT2D eigenvalue weighted by Gasteiger charge is -2.30. The molecule has 156 valence electrons. The number of hydrogen-bond donors (Lipinski definition) is 0. The zero-order valence-corrected chi connectivity index (χ0v) is 18.0. The van der Waals surface area contributed by atoms with Gasteiger partial charge in [0.05, 0.1) is 16.4 Å². The minimum atomic E-state index is -3.52. The van der Waals surface area contributed by atoms with E-state index in [1.807, 2.05) is 13.8 Å². The summed E-state index contributed by atoms with van der Waals surface area (Å²) >= 11 is 0. The zero-order chi connectivity index (χ0) is 20.5. The van der Waals surface area contributed by atoms with Crippen molar-refractivity contribution in [2.75, 3.05) is 31.1 Å². The van der Waals surface area contributed by atoms with Crippen LogP contribution in [0.25, 0.3) is 0 Å². The third-order valence-electron chi connectivity index (χ3n) is 5.28. The lowest BCUT2D eigenvalue weighted by molar-refractivity contribution is 0.0672. The number of hydrogen-bond acceptors (Lipinski definition) is 5. The van der Waals surface area contributed by atoms with Crippen LogP contribution in [-0.4, -0.2) is 69.1 Å². The van der Waals surface area contributed by atoms with Crippen molar-refractivity contribution < 1.29 is 21.6 Å². The van der Waals surface area contributed by atoms with E-state index in [0.717, 1.165) is 12.8 Å². The molecule has 0 aliphatic carbocycles. The van der Waals surface area contributed by atoms with E-state index in [1.54, 1.807) is 4.90 Å². The summed E-state index contributed by atoms with van der Waals surface area (Å²) in [6, 6.07) is 5.68. The molecule has 9 heteroatoms. The van der Waals surface area contributed by atoms with Crippen molar-refractivity contribution in [3.8, 4) is 0 Å². The number of carbonyl (C=O) groups is 1. The third kappa shape index (κ3) is 4.58. The molecule has 2 heterocycles. The number of sulfonamides is 1. The maximum atomic E-state index is 13.1. The number of amides is 1. The van der Waals surface area contributed by atoms with Crippen molar-refractivity contribution in [1.82, 2.24) is 9.21 Å². The van der Waals surface area contributed by atoms with Crippen molar-refractivity contribution >= 4 is 25.8 Å². The molecule has 0 bridgehead atoms. The van der Waals surface area contributed by atoms with Crippen LogP contribution >= 0.6 is 0 Å². The fourth-order valence-electron chi connectivity index (χ4n) is 3.83. The first-order chi connectivity index (χ1) is 13.1. The van der Waals surface area contributed by atoms with Crippen molar-refractivity contribution in [2.24, 2.45) is 5.92 Å². The average Bonchev–Trinajstić information content (AvgIpc) is 3.29. The first-order valence-electron chi connectivity index (χ1n) is 9.72. The lowest BCUT2D eigenvalue weighted by atomic mass is 10.1. The van der Waals surface area contributed by atoms with Gasteiger partial charge in [0.15, 0.2) is 9.84 Å². The third-order valence-corrected chi connectivity index (χ3v) is 8.94. The molecule has 1 aromatic carbocycles. The Morgan fingerprint density at radius 3 is 2.29 bits per heavy atom. The summed E-state index contributed by atoms with van der Waals surface area (Å²) in [6.45, 7) is 5.49. The molecule has 2 aliphatic heterocycles. The smallest absolute Gasteiger partial charge is 0.254 e. The van der Waals surface area contributed by atoms with E-state index >= 15 is 0 Å². The molecule has 2 fully saturated rings. The molecule has 0 aromatic heterocycles. The molecule has 0 radical (unpaired) electrons. The maximum absolute atomic E-state index is 13.1. The summed E-state index contributed by atoms with van der Waals surface area (Å²) in [7, 11) is -6.63. The van der Waals surface area contributed by atoms with Gasteiger partial charge in [-0.3, -0.25) is 4.79 Å². The van der Waals surface area contributed by atoms with Gasteiger partial charge in [0, 0.05) is 31.2 Å². The van der Waals surface area contributed by atoms with Gasteiger partial charge < -0.3 is 4.90 Å². The first kappa shape index (κ1) is 21.3.